The zero-order valence-corrected chi connectivity index (χ0v) is 20.8. The van der Waals surface area contributed by atoms with Gasteiger partial charge in [0.05, 0.1) is 41.9 Å². The van der Waals surface area contributed by atoms with Crippen molar-refractivity contribution in [3.8, 4) is 11.3 Å². The Kier molecular flexibility index (Phi) is 7.88. The highest BCUT2D eigenvalue weighted by atomic mass is 16.5. The largest absolute Gasteiger partial charge is 0.403 e. The quantitative estimate of drug-likeness (QED) is 0.539. The van der Waals surface area contributed by atoms with Crippen LogP contribution in [0.4, 0.5) is 10.7 Å². The molecule has 2 heterocycles. The molecule has 1 aromatic carbocycles. The van der Waals surface area contributed by atoms with E-state index >= 15 is 0 Å². The first-order valence-electron chi connectivity index (χ1n) is 11.4. The Hall–Kier alpha value is -3.46. The summed E-state index contributed by atoms with van der Waals surface area (Å²) in [7, 11) is 1.70. The maximum atomic E-state index is 12.4. The lowest BCUT2D eigenvalue weighted by Gasteiger charge is -2.41. The van der Waals surface area contributed by atoms with Crippen LogP contribution in [0.15, 0.2) is 47.4 Å². The number of anilines is 1. The van der Waals surface area contributed by atoms with Crippen molar-refractivity contribution in [2.75, 3.05) is 25.5 Å². The number of carbonyl (C=O) groups excluding carboxylic acids is 1. The van der Waals surface area contributed by atoms with E-state index in [2.05, 4.69) is 31.7 Å². The summed E-state index contributed by atoms with van der Waals surface area (Å²) in [6.45, 7) is 11.7. The summed E-state index contributed by atoms with van der Waals surface area (Å²) in [6.07, 6.45) is 3.25. The molecule has 0 unspecified atom stereocenters. The van der Waals surface area contributed by atoms with Crippen LogP contribution in [0, 0.1) is 6.92 Å². The number of hydrogen-bond acceptors (Lipinski definition) is 7. The minimum atomic E-state index is -0.196. The number of carbonyl (C=O) groups is 1. The molecule has 9 nitrogen and oxygen atoms in total. The topological polar surface area (TPSA) is 118 Å². The number of aliphatic imine (C=N–C) groups is 1. The summed E-state index contributed by atoms with van der Waals surface area (Å²) < 4.78 is 5.89. The van der Waals surface area contributed by atoms with Crippen molar-refractivity contribution in [1.29, 1.82) is 0 Å². The Labute approximate surface area is 201 Å². The van der Waals surface area contributed by atoms with Crippen molar-refractivity contribution in [3.05, 3.63) is 53.5 Å². The van der Waals surface area contributed by atoms with Crippen molar-refractivity contribution in [2.45, 2.75) is 52.9 Å². The van der Waals surface area contributed by atoms with Crippen LogP contribution in [0.5, 0.6) is 0 Å². The highest BCUT2D eigenvalue weighted by Crippen LogP contribution is 2.22. The molecule has 4 N–H and O–H groups in total. The van der Waals surface area contributed by atoms with Crippen molar-refractivity contribution in [3.63, 3.8) is 0 Å². The summed E-state index contributed by atoms with van der Waals surface area (Å²) in [5.41, 5.74) is 10.8. The average molecular weight is 466 g/mol. The summed E-state index contributed by atoms with van der Waals surface area (Å²) in [5.74, 6) is 0.439. The van der Waals surface area contributed by atoms with Crippen molar-refractivity contribution in [2.24, 2.45) is 10.7 Å². The molecule has 0 bridgehead atoms. The van der Waals surface area contributed by atoms with Gasteiger partial charge in [0.25, 0.3) is 0 Å². The van der Waals surface area contributed by atoms with Gasteiger partial charge in [0.15, 0.2) is 0 Å². The van der Waals surface area contributed by atoms with Gasteiger partial charge in [-0.05, 0) is 57.9 Å². The van der Waals surface area contributed by atoms with Crippen LogP contribution in [0.1, 0.15) is 38.8 Å². The summed E-state index contributed by atoms with van der Waals surface area (Å²) >= 11 is 0. The molecule has 0 saturated carbocycles. The maximum Gasteiger partial charge on any atom is 0.317 e. The van der Waals surface area contributed by atoms with E-state index in [1.165, 1.54) is 6.20 Å². The first-order valence-corrected chi connectivity index (χ1v) is 11.4. The molecule has 2 amide bonds. The van der Waals surface area contributed by atoms with Gasteiger partial charge < -0.3 is 26.0 Å². The molecule has 1 fully saturated rings. The molecule has 2 aromatic rings. The predicted molar refractivity (Wildman–Crippen MR) is 136 cm³/mol. The number of nitrogens with one attached hydrogen (secondary N) is 2. The van der Waals surface area contributed by atoms with E-state index < -0.39 is 0 Å². The van der Waals surface area contributed by atoms with Crippen LogP contribution in [-0.4, -0.2) is 58.5 Å². The van der Waals surface area contributed by atoms with E-state index in [9.17, 15) is 4.79 Å². The number of aromatic nitrogens is 2. The molecule has 1 saturated heterocycles. The molecule has 0 spiro atoms. The second-order valence-electron chi connectivity index (χ2n) is 9.34. The SMILES string of the molecule is CN=C(C)C(=CN)Nc1nccc(-c2ccc(CNC(=O)N3CC(OC(C)(C)C)C3)c(C)c2)n1. The number of urea groups is 1. The smallest absolute Gasteiger partial charge is 0.317 e. The lowest BCUT2D eigenvalue weighted by molar-refractivity contribution is -0.111. The Morgan fingerprint density at radius 3 is 2.68 bits per heavy atom. The standard InChI is InChI=1S/C25H35N7O2/c1-16-11-18(21-9-10-28-23(30-21)31-22(12-26)17(2)27-6)7-8-19(16)13-29-24(33)32-14-20(15-32)34-25(3,4)5/h7-12,20H,13-15,26H2,1-6H3,(H,29,33)(H,28,30,31). The van der Waals surface area contributed by atoms with Gasteiger partial charge in [-0.2, -0.15) is 0 Å². The second-order valence-corrected chi connectivity index (χ2v) is 9.34. The fourth-order valence-electron chi connectivity index (χ4n) is 3.59. The number of likely N-dealkylation sites (tertiary alicyclic amines) is 1. The van der Waals surface area contributed by atoms with Gasteiger partial charge in [0, 0.05) is 31.6 Å². The number of ether oxygens (including phenoxy) is 1. The molecule has 3 rings (SSSR count). The first-order chi connectivity index (χ1) is 16.1. The Balaban J connectivity index is 1.60. The van der Waals surface area contributed by atoms with Crippen LogP contribution in [0.3, 0.4) is 0 Å². The Bertz CT molecular complexity index is 1080. The monoisotopic (exact) mass is 465 g/mol. The Morgan fingerprint density at radius 2 is 2.06 bits per heavy atom. The molecule has 1 aromatic heterocycles. The van der Waals surface area contributed by atoms with Gasteiger partial charge in [-0.25, -0.2) is 14.8 Å². The molecule has 9 heteroatoms. The van der Waals surface area contributed by atoms with Crippen LogP contribution < -0.4 is 16.4 Å². The molecular weight excluding hydrogens is 430 g/mol. The fraction of sp³-hybridized carbons (Fsp3) is 0.440. The molecular formula is C25H35N7O2. The molecule has 1 aliphatic heterocycles. The van der Waals surface area contributed by atoms with Gasteiger partial charge in [0.1, 0.15) is 0 Å². The third kappa shape index (κ3) is 6.54. The zero-order chi connectivity index (χ0) is 24.9. The van der Waals surface area contributed by atoms with Crippen LogP contribution in [-0.2, 0) is 11.3 Å². The van der Waals surface area contributed by atoms with E-state index in [1.54, 1.807) is 18.1 Å². The van der Waals surface area contributed by atoms with Crippen LogP contribution in [0.25, 0.3) is 11.3 Å². The number of rotatable bonds is 7. The molecule has 0 atom stereocenters. The third-order valence-corrected chi connectivity index (χ3v) is 5.52. The fourth-order valence-corrected chi connectivity index (χ4v) is 3.59. The molecule has 0 radical (unpaired) electrons. The molecule has 0 aliphatic carbocycles. The van der Waals surface area contributed by atoms with E-state index in [1.807, 2.05) is 52.8 Å². The highest BCUT2D eigenvalue weighted by Gasteiger charge is 2.33. The molecule has 182 valence electrons. The first kappa shape index (κ1) is 25.2. The van der Waals surface area contributed by atoms with E-state index in [-0.39, 0.29) is 17.7 Å². The Morgan fingerprint density at radius 1 is 1.32 bits per heavy atom. The number of amides is 2. The van der Waals surface area contributed by atoms with Gasteiger partial charge in [-0.1, -0.05) is 12.1 Å². The third-order valence-electron chi connectivity index (χ3n) is 5.52. The summed E-state index contributed by atoms with van der Waals surface area (Å²) in [5, 5.41) is 6.11. The average Bonchev–Trinajstić information content (AvgIpc) is 2.77. The van der Waals surface area contributed by atoms with E-state index in [0.717, 1.165) is 28.1 Å². The summed E-state index contributed by atoms with van der Waals surface area (Å²) in [6, 6.07) is 7.85. The minimum Gasteiger partial charge on any atom is -0.403 e. The lowest BCUT2D eigenvalue weighted by Crippen LogP contribution is -2.59. The summed E-state index contributed by atoms with van der Waals surface area (Å²) in [4.78, 5) is 27.2. The number of nitrogens with two attached hydrogens (primary N) is 1. The number of nitrogens with zero attached hydrogens (tertiary/aromatic N) is 4. The zero-order valence-electron chi connectivity index (χ0n) is 20.8. The van der Waals surface area contributed by atoms with Crippen molar-refractivity contribution >= 4 is 17.7 Å². The predicted octanol–water partition coefficient (Wildman–Crippen LogP) is 3.46. The number of allylic oxidation sites excluding steroid dienone is 1. The normalized spacial score (nSPS) is 15.2. The van der Waals surface area contributed by atoms with Crippen molar-refractivity contribution in [1.82, 2.24) is 20.2 Å². The van der Waals surface area contributed by atoms with E-state index in [0.29, 0.717) is 31.3 Å². The highest BCUT2D eigenvalue weighted by molar-refractivity contribution is 6.00. The van der Waals surface area contributed by atoms with E-state index in [4.69, 9.17) is 10.5 Å². The molecule has 34 heavy (non-hydrogen) atoms. The van der Waals surface area contributed by atoms with Gasteiger partial charge in [0.2, 0.25) is 5.95 Å². The number of benzene rings is 1. The van der Waals surface area contributed by atoms with Crippen LogP contribution >= 0.6 is 0 Å². The van der Waals surface area contributed by atoms with Gasteiger partial charge in [-0.3, -0.25) is 4.99 Å². The lowest BCUT2D eigenvalue weighted by atomic mass is 10.0. The minimum absolute atomic E-state index is 0.0709. The number of hydrogen-bond donors (Lipinski definition) is 3. The number of aryl methyl sites for hydroxylation is 1. The molecule has 1 aliphatic rings. The van der Waals surface area contributed by atoms with Gasteiger partial charge in [-0.15, -0.1) is 0 Å². The van der Waals surface area contributed by atoms with Crippen LogP contribution in [0.2, 0.25) is 0 Å². The van der Waals surface area contributed by atoms with Gasteiger partial charge >= 0.3 is 6.03 Å². The van der Waals surface area contributed by atoms with Crippen molar-refractivity contribution < 1.29 is 9.53 Å². The second kappa shape index (κ2) is 10.6. The maximum absolute atomic E-state index is 12.4.